The number of carboxylic acids is 1. The van der Waals surface area contributed by atoms with Crippen molar-refractivity contribution >= 4 is 29.1 Å². The largest absolute Gasteiger partial charge is 0.478 e. The number of rotatable bonds is 5. The molecule has 5 aromatic rings. The summed E-state index contributed by atoms with van der Waals surface area (Å²) in [6, 6.07) is 25.2. The van der Waals surface area contributed by atoms with Gasteiger partial charge in [0.15, 0.2) is 4.80 Å². The van der Waals surface area contributed by atoms with E-state index >= 15 is 0 Å². The van der Waals surface area contributed by atoms with Crippen LogP contribution in [0.4, 0.5) is 4.39 Å². The maximum atomic E-state index is 13.7. The van der Waals surface area contributed by atoms with Crippen LogP contribution in [-0.2, 0) is 0 Å². The van der Waals surface area contributed by atoms with Gasteiger partial charge in [-0.05, 0) is 53.6 Å². The molecule has 3 aromatic carbocycles. The van der Waals surface area contributed by atoms with Crippen molar-refractivity contribution in [2.75, 3.05) is 0 Å². The molecule has 1 N–H and O–H groups in total. The number of thiazole rings is 1. The Bertz CT molecular complexity index is 1880. The number of allylic oxidation sites excluding steroid dienone is 1. The van der Waals surface area contributed by atoms with Gasteiger partial charge in [0, 0.05) is 11.6 Å². The Kier molecular flexibility index (Phi) is 5.94. The van der Waals surface area contributed by atoms with Gasteiger partial charge < -0.3 is 9.52 Å². The van der Waals surface area contributed by atoms with Gasteiger partial charge in [0.1, 0.15) is 17.3 Å². The molecule has 1 atom stereocenters. The van der Waals surface area contributed by atoms with Gasteiger partial charge in [0.05, 0.1) is 21.8 Å². The van der Waals surface area contributed by atoms with Crippen LogP contribution in [0, 0.1) is 5.82 Å². The normalized spacial score (nSPS) is 15.0. The number of furan rings is 1. The monoisotopic (exact) mass is 522 g/mol. The van der Waals surface area contributed by atoms with Crippen molar-refractivity contribution in [1.82, 2.24) is 4.57 Å². The van der Waals surface area contributed by atoms with E-state index in [1.165, 1.54) is 35.6 Å². The number of fused-ring (bicyclic) bond motifs is 1. The summed E-state index contributed by atoms with van der Waals surface area (Å²) in [5, 5.41) is 9.27. The first-order valence-electron chi connectivity index (χ1n) is 11.7. The minimum atomic E-state index is -1.02. The number of hydrogen-bond donors (Lipinski definition) is 1. The fourth-order valence-electron chi connectivity index (χ4n) is 4.37. The molecule has 1 aliphatic rings. The zero-order valence-corrected chi connectivity index (χ0v) is 20.6. The molecule has 1 unspecified atom stereocenters. The van der Waals surface area contributed by atoms with Gasteiger partial charge in [-0.3, -0.25) is 9.36 Å². The summed E-state index contributed by atoms with van der Waals surface area (Å²) in [7, 11) is 0. The third kappa shape index (κ3) is 4.42. The summed E-state index contributed by atoms with van der Waals surface area (Å²) in [6.07, 6.45) is 3.57. The second-order valence-electron chi connectivity index (χ2n) is 8.68. The Labute approximate surface area is 219 Å². The van der Waals surface area contributed by atoms with Crippen molar-refractivity contribution in [3.05, 3.63) is 145 Å². The Balaban J connectivity index is 1.46. The van der Waals surface area contributed by atoms with Crippen LogP contribution in [0.5, 0.6) is 0 Å². The summed E-state index contributed by atoms with van der Waals surface area (Å²) in [5.74, 6) is -0.435. The van der Waals surface area contributed by atoms with E-state index in [0.717, 1.165) is 16.8 Å². The van der Waals surface area contributed by atoms with E-state index in [9.17, 15) is 19.1 Å². The fraction of sp³-hybridized carbons (Fsp3) is 0.0333. The third-order valence-electron chi connectivity index (χ3n) is 6.22. The van der Waals surface area contributed by atoms with Crippen LogP contribution >= 0.6 is 11.3 Å². The lowest BCUT2D eigenvalue weighted by atomic mass is 10.0. The number of nitrogens with zero attached hydrogens (tertiary/aromatic N) is 2. The Morgan fingerprint density at radius 3 is 2.50 bits per heavy atom. The Morgan fingerprint density at radius 1 is 0.974 bits per heavy atom. The summed E-state index contributed by atoms with van der Waals surface area (Å²) >= 11 is 1.24. The summed E-state index contributed by atoms with van der Waals surface area (Å²) in [5.41, 5.74) is 2.94. The molecule has 6 nitrogen and oxygen atoms in total. The van der Waals surface area contributed by atoms with Gasteiger partial charge in [0.2, 0.25) is 0 Å². The van der Waals surface area contributed by atoms with Crippen LogP contribution in [-0.4, -0.2) is 15.6 Å². The quantitative estimate of drug-likeness (QED) is 0.348. The van der Waals surface area contributed by atoms with E-state index in [1.54, 1.807) is 47.0 Å². The molecule has 0 bridgehead atoms. The zero-order valence-electron chi connectivity index (χ0n) is 19.7. The highest BCUT2D eigenvalue weighted by molar-refractivity contribution is 7.07. The van der Waals surface area contributed by atoms with Gasteiger partial charge in [-0.2, -0.15) is 0 Å². The van der Waals surface area contributed by atoms with Crippen LogP contribution in [0.3, 0.4) is 0 Å². The van der Waals surface area contributed by atoms with Crippen LogP contribution in [0.1, 0.15) is 33.3 Å². The number of aromatic nitrogens is 1. The molecule has 0 amide bonds. The van der Waals surface area contributed by atoms with Crippen LogP contribution < -0.4 is 14.9 Å². The van der Waals surface area contributed by atoms with Crippen molar-refractivity contribution in [2.45, 2.75) is 6.04 Å². The Hall–Kier alpha value is -4.82. The van der Waals surface area contributed by atoms with E-state index in [4.69, 9.17) is 9.41 Å². The second-order valence-corrected chi connectivity index (χ2v) is 9.69. The van der Waals surface area contributed by atoms with E-state index in [1.807, 2.05) is 36.4 Å². The van der Waals surface area contributed by atoms with E-state index < -0.39 is 12.0 Å². The molecule has 186 valence electrons. The average Bonchev–Trinajstić information content (AvgIpc) is 3.54. The second kappa shape index (κ2) is 9.57. The molecular formula is C30H19FN2O4S. The van der Waals surface area contributed by atoms with Crippen molar-refractivity contribution in [3.8, 4) is 11.3 Å². The molecule has 38 heavy (non-hydrogen) atoms. The highest BCUT2D eigenvalue weighted by Gasteiger charge is 2.22. The van der Waals surface area contributed by atoms with Crippen molar-refractivity contribution in [1.29, 1.82) is 0 Å². The topological polar surface area (TPSA) is 84.8 Å². The minimum Gasteiger partial charge on any atom is -0.478 e. The van der Waals surface area contributed by atoms with Crippen LogP contribution in [0.2, 0.25) is 0 Å². The first-order chi connectivity index (χ1) is 18.5. The molecule has 0 aliphatic carbocycles. The van der Waals surface area contributed by atoms with E-state index in [0.29, 0.717) is 26.4 Å². The van der Waals surface area contributed by atoms with Crippen LogP contribution in [0.15, 0.2) is 111 Å². The smallest absolute Gasteiger partial charge is 0.335 e. The number of hydrogen-bond acceptors (Lipinski definition) is 5. The number of halogens is 1. The number of benzene rings is 3. The molecule has 1 aliphatic heterocycles. The predicted octanol–water partition coefficient (Wildman–Crippen LogP) is 5.10. The number of carbonyl (C=O) groups is 1. The molecule has 8 heteroatoms. The molecule has 6 rings (SSSR count). The molecule has 2 aromatic heterocycles. The zero-order chi connectivity index (χ0) is 26.2. The molecular weight excluding hydrogens is 503 g/mol. The average molecular weight is 523 g/mol. The van der Waals surface area contributed by atoms with Crippen LogP contribution in [0.25, 0.3) is 23.1 Å². The SMILES string of the molecule is O=C(O)c1cccc(-c2ccc(/C=c3\sc4n(c3=O)C(c3ccc(F)cc3)C=C(c3ccccc3)N=4)o2)c1. The van der Waals surface area contributed by atoms with Gasteiger partial charge in [-0.25, -0.2) is 14.2 Å². The third-order valence-corrected chi connectivity index (χ3v) is 7.21. The van der Waals surface area contributed by atoms with Gasteiger partial charge in [-0.15, -0.1) is 0 Å². The first kappa shape index (κ1) is 23.6. The van der Waals surface area contributed by atoms with Gasteiger partial charge in [-0.1, -0.05) is 65.9 Å². The van der Waals surface area contributed by atoms with Crippen molar-refractivity contribution in [2.24, 2.45) is 4.99 Å². The lowest BCUT2D eigenvalue weighted by Gasteiger charge is -2.19. The van der Waals surface area contributed by atoms with Crippen molar-refractivity contribution < 1.29 is 18.7 Å². The number of aromatic carboxylic acids is 1. The number of carboxylic acid groups (broad SMARTS) is 1. The maximum absolute atomic E-state index is 13.7. The van der Waals surface area contributed by atoms with Gasteiger partial charge in [0.25, 0.3) is 5.56 Å². The lowest BCUT2D eigenvalue weighted by Crippen LogP contribution is -2.36. The highest BCUT2D eigenvalue weighted by atomic mass is 32.1. The van der Waals surface area contributed by atoms with Gasteiger partial charge >= 0.3 is 5.97 Å². The lowest BCUT2D eigenvalue weighted by molar-refractivity contribution is 0.0697. The highest BCUT2D eigenvalue weighted by Crippen LogP contribution is 2.27. The van der Waals surface area contributed by atoms with E-state index in [2.05, 4.69) is 0 Å². The molecule has 0 spiro atoms. The molecule has 0 saturated carbocycles. The Morgan fingerprint density at radius 2 is 1.74 bits per heavy atom. The molecule has 0 fully saturated rings. The minimum absolute atomic E-state index is 0.156. The fourth-order valence-corrected chi connectivity index (χ4v) is 5.37. The summed E-state index contributed by atoms with van der Waals surface area (Å²) in [4.78, 5) is 30.2. The summed E-state index contributed by atoms with van der Waals surface area (Å²) in [6.45, 7) is 0. The van der Waals surface area contributed by atoms with Crippen molar-refractivity contribution in [3.63, 3.8) is 0 Å². The molecule has 0 saturated heterocycles. The standard InChI is InChI=1S/C30H19FN2O4S/c31-22-11-9-19(10-12-22)25-17-24(18-5-2-1-3-6-18)32-30-33(25)28(34)27(38-30)16-23-13-14-26(37-23)20-7-4-8-21(15-20)29(35)36/h1-17,25H,(H,35,36)/b27-16-. The maximum Gasteiger partial charge on any atom is 0.335 e. The summed E-state index contributed by atoms with van der Waals surface area (Å²) < 4.78 is 21.6. The molecule has 0 radical (unpaired) electrons. The first-order valence-corrected chi connectivity index (χ1v) is 12.6. The van der Waals surface area contributed by atoms with E-state index in [-0.39, 0.29) is 16.9 Å². The molecule has 3 heterocycles. The predicted molar refractivity (Wildman–Crippen MR) is 143 cm³/mol.